The highest BCUT2D eigenvalue weighted by Gasteiger charge is 2.44. The van der Waals surface area contributed by atoms with Crippen molar-refractivity contribution in [3.8, 4) is 5.75 Å². The molecular weight excluding hydrogens is 407 g/mol. The van der Waals surface area contributed by atoms with Crippen LogP contribution in [0.5, 0.6) is 5.75 Å². The molecule has 1 heterocycles. The molecule has 3 amide bonds. The molecular formula is C22H18FN2O6-. The Labute approximate surface area is 177 Å². The van der Waals surface area contributed by atoms with Gasteiger partial charge >= 0.3 is 0 Å². The number of carboxylic acids is 1. The molecule has 2 aromatic carbocycles. The van der Waals surface area contributed by atoms with Gasteiger partial charge in [0.15, 0.2) is 0 Å². The first kappa shape index (κ1) is 21.7. The summed E-state index contributed by atoms with van der Waals surface area (Å²) in [7, 11) is 1.50. The van der Waals surface area contributed by atoms with Gasteiger partial charge in [0, 0.05) is 12.6 Å². The lowest BCUT2D eigenvalue weighted by Crippen LogP contribution is -2.44. The third-order valence-electron chi connectivity index (χ3n) is 4.74. The largest absolute Gasteiger partial charge is 0.545 e. The molecule has 0 aliphatic carbocycles. The molecule has 0 spiro atoms. The number of rotatable bonds is 7. The number of anilines is 1. The minimum absolute atomic E-state index is 0.0544. The Kier molecular flexibility index (Phi) is 6.44. The first-order valence-corrected chi connectivity index (χ1v) is 9.25. The molecule has 1 fully saturated rings. The summed E-state index contributed by atoms with van der Waals surface area (Å²) in [5.74, 6) is -3.50. The summed E-state index contributed by atoms with van der Waals surface area (Å²) in [6, 6.07) is 10.4. The van der Waals surface area contributed by atoms with E-state index in [-0.39, 0.29) is 18.7 Å². The summed E-state index contributed by atoms with van der Waals surface area (Å²) in [6.07, 6.45) is 1.04. The van der Waals surface area contributed by atoms with E-state index in [9.17, 15) is 28.7 Å². The van der Waals surface area contributed by atoms with Gasteiger partial charge in [-0.1, -0.05) is 12.1 Å². The second kappa shape index (κ2) is 9.21. The third-order valence-corrected chi connectivity index (χ3v) is 4.74. The topological polar surface area (TPSA) is 107 Å². The molecule has 0 unspecified atom stereocenters. The van der Waals surface area contributed by atoms with Crippen molar-refractivity contribution in [1.29, 1.82) is 0 Å². The molecule has 1 saturated heterocycles. The lowest BCUT2D eigenvalue weighted by Gasteiger charge is -2.27. The Balaban J connectivity index is 1.91. The summed E-state index contributed by atoms with van der Waals surface area (Å²) >= 11 is 0. The van der Waals surface area contributed by atoms with Crippen LogP contribution in [0.15, 0.2) is 60.7 Å². The molecule has 0 bridgehead atoms. The maximum Gasteiger partial charge on any atom is 0.257 e. The summed E-state index contributed by atoms with van der Waals surface area (Å²) in [6.45, 7) is -0.0544. The highest BCUT2D eigenvalue weighted by Crippen LogP contribution is 2.27. The molecule has 9 heteroatoms. The first-order valence-electron chi connectivity index (χ1n) is 9.25. The average molecular weight is 425 g/mol. The number of benzene rings is 2. The smallest absolute Gasteiger partial charge is 0.257 e. The molecule has 2 aromatic rings. The molecule has 1 aliphatic heterocycles. The predicted octanol–water partition coefficient (Wildman–Crippen LogP) is 0.801. The van der Waals surface area contributed by atoms with Gasteiger partial charge < -0.3 is 19.5 Å². The van der Waals surface area contributed by atoms with Gasteiger partial charge in [0.2, 0.25) is 11.8 Å². The number of aliphatic carboxylic acids is 1. The van der Waals surface area contributed by atoms with E-state index in [2.05, 4.69) is 0 Å². The van der Waals surface area contributed by atoms with Crippen LogP contribution in [0.1, 0.15) is 12.0 Å². The Morgan fingerprint density at radius 1 is 1.13 bits per heavy atom. The van der Waals surface area contributed by atoms with Gasteiger partial charge in [-0.25, -0.2) is 9.29 Å². The van der Waals surface area contributed by atoms with Gasteiger partial charge in [-0.15, -0.1) is 0 Å². The van der Waals surface area contributed by atoms with Gasteiger partial charge in [-0.2, -0.15) is 0 Å². The maximum atomic E-state index is 13.2. The number of carbonyl (C=O) groups excluding carboxylic acids is 4. The van der Waals surface area contributed by atoms with E-state index in [0.717, 1.165) is 28.0 Å². The average Bonchev–Trinajstić information content (AvgIpc) is 3.05. The van der Waals surface area contributed by atoms with Gasteiger partial charge in [-0.3, -0.25) is 14.4 Å². The van der Waals surface area contributed by atoms with Crippen LogP contribution in [0.25, 0.3) is 0 Å². The van der Waals surface area contributed by atoms with Crippen LogP contribution >= 0.6 is 0 Å². The molecule has 0 N–H and O–H groups in total. The Morgan fingerprint density at radius 2 is 1.77 bits per heavy atom. The molecule has 0 saturated carbocycles. The molecule has 1 aliphatic rings. The van der Waals surface area contributed by atoms with Crippen LogP contribution in [0.3, 0.4) is 0 Å². The van der Waals surface area contributed by atoms with Gasteiger partial charge in [-0.05, 0) is 48.0 Å². The fourth-order valence-corrected chi connectivity index (χ4v) is 3.23. The minimum atomic E-state index is -1.57. The van der Waals surface area contributed by atoms with Crippen molar-refractivity contribution in [2.24, 2.45) is 0 Å². The first-order chi connectivity index (χ1) is 14.8. The minimum Gasteiger partial charge on any atom is -0.545 e. The van der Waals surface area contributed by atoms with E-state index in [1.807, 2.05) is 0 Å². The fourth-order valence-electron chi connectivity index (χ4n) is 3.23. The normalized spacial score (nSPS) is 16.1. The third kappa shape index (κ3) is 4.95. The van der Waals surface area contributed by atoms with E-state index in [4.69, 9.17) is 4.74 Å². The standard InChI is InChI=1S/C22H19FN2O6/c1-31-17-8-2-14(3-9-17)13-24(19(26)10-11-21(28)29)18-12-20(27)25(22(18)30)16-6-4-15(23)5-7-16/h2-11,18H,12-13H2,1H3,(H,28,29)/p-1/b11-10+/t18-/m1/s1. The summed E-state index contributed by atoms with van der Waals surface area (Å²) in [5, 5.41) is 10.7. The number of imide groups is 1. The van der Waals surface area contributed by atoms with Gasteiger partial charge in [0.1, 0.15) is 17.6 Å². The monoisotopic (exact) mass is 425 g/mol. The van der Waals surface area contributed by atoms with Crippen LogP contribution in [0.2, 0.25) is 0 Å². The van der Waals surface area contributed by atoms with E-state index in [1.165, 1.54) is 19.2 Å². The second-order valence-corrected chi connectivity index (χ2v) is 6.73. The highest BCUT2D eigenvalue weighted by molar-refractivity contribution is 6.23. The van der Waals surface area contributed by atoms with Crippen LogP contribution in [0.4, 0.5) is 10.1 Å². The van der Waals surface area contributed by atoms with Crippen molar-refractivity contribution in [1.82, 2.24) is 4.90 Å². The number of hydrogen-bond acceptors (Lipinski definition) is 6. The van der Waals surface area contributed by atoms with Crippen LogP contribution in [-0.4, -0.2) is 41.7 Å². The van der Waals surface area contributed by atoms with Crippen molar-refractivity contribution >= 4 is 29.4 Å². The maximum absolute atomic E-state index is 13.2. The van der Waals surface area contributed by atoms with Gasteiger partial charge in [0.05, 0.1) is 25.2 Å². The van der Waals surface area contributed by atoms with Crippen molar-refractivity contribution in [3.63, 3.8) is 0 Å². The summed E-state index contributed by atoms with van der Waals surface area (Å²) in [5.41, 5.74) is 0.817. The number of amides is 3. The van der Waals surface area contributed by atoms with Crippen molar-refractivity contribution in [2.75, 3.05) is 12.0 Å². The van der Waals surface area contributed by atoms with E-state index < -0.39 is 35.5 Å². The van der Waals surface area contributed by atoms with Crippen molar-refractivity contribution in [2.45, 2.75) is 19.0 Å². The molecule has 31 heavy (non-hydrogen) atoms. The number of nitrogens with zero attached hydrogens (tertiary/aromatic N) is 2. The number of halogens is 1. The molecule has 0 radical (unpaired) electrons. The quantitative estimate of drug-likeness (QED) is 0.480. The zero-order valence-corrected chi connectivity index (χ0v) is 16.5. The number of methoxy groups -OCH3 is 1. The molecule has 1 atom stereocenters. The molecule has 0 aromatic heterocycles. The number of hydrogen-bond donors (Lipinski definition) is 0. The van der Waals surface area contributed by atoms with Crippen LogP contribution < -0.4 is 14.7 Å². The second-order valence-electron chi connectivity index (χ2n) is 6.73. The number of ether oxygens (including phenoxy) is 1. The van der Waals surface area contributed by atoms with Gasteiger partial charge in [0.25, 0.3) is 5.91 Å². The number of carbonyl (C=O) groups is 4. The van der Waals surface area contributed by atoms with Crippen molar-refractivity contribution < 1.29 is 33.4 Å². The SMILES string of the molecule is COc1ccc(CN(C(=O)/C=C/C(=O)[O-])[C@@H]2CC(=O)N(c3ccc(F)cc3)C2=O)cc1. The van der Waals surface area contributed by atoms with Crippen LogP contribution in [0, 0.1) is 5.82 Å². The van der Waals surface area contributed by atoms with E-state index in [0.29, 0.717) is 17.4 Å². The van der Waals surface area contributed by atoms with Crippen LogP contribution in [-0.2, 0) is 25.7 Å². The van der Waals surface area contributed by atoms with E-state index >= 15 is 0 Å². The van der Waals surface area contributed by atoms with E-state index in [1.54, 1.807) is 24.3 Å². The van der Waals surface area contributed by atoms with Crippen molar-refractivity contribution in [3.05, 3.63) is 72.1 Å². The predicted molar refractivity (Wildman–Crippen MR) is 105 cm³/mol. The zero-order chi connectivity index (χ0) is 22.5. The molecule has 160 valence electrons. The Morgan fingerprint density at radius 3 is 2.35 bits per heavy atom. The molecule has 8 nitrogen and oxygen atoms in total. The fraction of sp³-hybridized carbons (Fsp3) is 0.182. The summed E-state index contributed by atoms with van der Waals surface area (Å²) < 4.78 is 18.3. The lowest BCUT2D eigenvalue weighted by molar-refractivity contribution is -0.297. The number of carboxylic acid groups (broad SMARTS) is 1. The molecule has 3 rings (SSSR count). The summed E-state index contributed by atoms with van der Waals surface area (Å²) in [4.78, 5) is 51.0. The zero-order valence-electron chi connectivity index (χ0n) is 16.5. The lowest BCUT2D eigenvalue weighted by atomic mass is 10.1. The Bertz CT molecular complexity index is 1030. The highest BCUT2D eigenvalue weighted by atomic mass is 19.1. The Hall–Kier alpha value is -4.01.